The highest BCUT2D eigenvalue weighted by atomic mass is 35.5. The first-order valence-electron chi connectivity index (χ1n) is 6.39. The molecule has 0 saturated heterocycles. The van der Waals surface area contributed by atoms with Gasteiger partial charge < -0.3 is 10.8 Å². The van der Waals surface area contributed by atoms with E-state index in [-0.39, 0.29) is 11.2 Å². The summed E-state index contributed by atoms with van der Waals surface area (Å²) >= 11 is 5.74. The summed E-state index contributed by atoms with van der Waals surface area (Å²) in [5.41, 5.74) is 6.05. The van der Waals surface area contributed by atoms with Crippen LogP contribution in [0.1, 0.15) is 31.2 Å². The van der Waals surface area contributed by atoms with E-state index in [9.17, 15) is 9.50 Å². The molecule has 100 valence electrons. The van der Waals surface area contributed by atoms with Gasteiger partial charge in [0, 0.05) is 17.0 Å². The summed E-state index contributed by atoms with van der Waals surface area (Å²) in [4.78, 5) is 0. The smallest absolute Gasteiger partial charge is 0.127 e. The molecule has 1 fully saturated rings. The second-order valence-electron chi connectivity index (χ2n) is 5.24. The van der Waals surface area contributed by atoms with Crippen LogP contribution in [0.2, 0.25) is 5.02 Å². The molecule has 2 rings (SSSR count). The fourth-order valence-electron chi connectivity index (χ4n) is 2.85. The molecule has 4 heteroatoms. The Hall–Kier alpha value is -0.640. The third-order valence-electron chi connectivity index (χ3n) is 4.07. The van der Waals surface area contributed by atoms with E-state index in [4.69, 9.17) is 17.3 Å². The van der Waals surface area contributed by atoms with Crippen LogP contribution in [0.25, 0.3) is 0 Å². The van der Waals surface area contributed by atoms with Gasteiger partial charge in [-0.1, -0.05) is 30.5 Å². The van der Waals surface area contributed by atoms with Crippen LogP contribution in [0.4, 0.5) is 4.39 Å². The van der Waals surface area contributed by atoms with Crippen molar-refractivity contribution in [3.8, 4) is 0 Å². The minimum absolute atomic E-state index is 0.312. The van der Waals surface area contributed by atoms with E-state index in [2.05, 4.69) is 0 Å². The molecular formula is C14H19ClFNO. The Labute approximate surface area is 112 Å². The molecule has 0 radical (unpaired) electrons. The first kappa shape index (κ1) is 13.8. The van der Waals surface area contributed by atoms with Crippen molar-refractivity contribution in [2.45, 2.75) is 38.2 Å². The Morgan fingerprint density at radius 1 is 1.44 bits per heavy atom. The fourth-order valence-corrected chi connectivity index (χ4v) is 3.01. The van der Waals surface area contributed by atoms with Crippen molar-refractivity contribution in [3.05, 3.63) is 34.6 Å². The monoisotopic (exact) mass is 271 g/mol. The van der Waals surface area contributed by atoms with Gasteiger partial charge in [0.25, 0.3) is 0 Å². The average molecular weight is 272 g/mol. The summed E-state index contributed by atoms with van der Waals surface area (Å²) in [6.45, 7) is 0.385. The van der Waals surface area contributed by atoms with Gasteiger partial charge in [-0.15, -0.1) is 0 Å². The second kappa shape index (κ2) is 5.55. The second-order valence-corrected chi connectivity index (χ2v) is 5.68. The number of aliphatic hydroxyl groups excluding tert-OH is 1. The molecule has 0 amide bonds. The van der Waals surface area contributed by atoms with Gasteiger partial charge in [-0.05, 0) is 37.0 Å². The molecule has 0 aromatic heterocycles. The van der Waals surface area contributed by atoms with Crippen LogP contribution in [0, 0.1) is 11.2 Å². The number of hydrogen-bond acceptors (Lipinski definition) is 2. The van der Waals surface area contributed by atoms with Crippen molar-refractivity contribution in [1.29, 1.82) is 0 Å². The van der Waals surface area contributed by atoms with Crippen LogP contribution < -0.4 is 5.73 Å². The zero-order chi connectivity index (χ0) is 13.2. The van der Waals surface area contributed by atoms with E-state index in [0.29, 0.717) is 23.6 Å². The highest BCUT2D eigenvalue weighted by Gasteiger charge is 2.39. The largest absolute Gasteiger partial charge is 0.392 e. The molecule has 2 nitrogen and oxygen atoms in total. The van der Waals surface area contributed by atoms with Crippen molar-refractivity contribution >= 4 is 11.6 Å². The van der Waals surface area contributed by atoms with Gasteiger partial charge in [0.15, 0.2) is 0 Å². The van der Waals surface area contributed by atoms with E-state index < -0.39 is 6.10 Å². The minimum Gasteiger partial charge on any atom is -0.392 e. The number of nitrogens with two attached hydrogens (primary N) is 1. The van der Waals surface area contributed by atoms with E-state index in [1.54, 1.807) is 12.1 Å². The molecule has 1 aromatic carbocycles. The van der Waals surface area contributed by atoms with Crippen LogP contribution in [-0.4, -0.2) is 17.8 Å². The predicted molar refractivity (Wildman–Crippen MR) is 71.1 cm³/mol. The van der Waals surface area contributed by atoms with Gasteiger partial charge >= 0.3 is 0 Å². The summed E-state index contributed by atoms with van der Waals surface area (Å²) in [5.74, 6) is -0.312. The number of benzene rings is 1. The Morgan fingerprint density at radius 3 is 2.83 bits per heavy atom. The van der Waals surface area contributed by atoms with Gasteiger partial charge in [0.05, 0.1) is 6.10 Å². The summed E-state index contributed by atoms with van der Waals surface area (Å²) < 4.78 is 13.8. The summed E-state index contributed by atoms with van der Waals surface area (Å²) in [6, 6.07) is 4.69. The van der Waals surface area contributed by atoms with Crippen molar-refractivity contribution in [2.24, 2.45) is 11.1 Å². The first-order chi connectivity index (χ1) is 8.57. The number of aliphatic hydroxyl groups is 1. The molecule has 0 heterocycles. The Morgan fingerprint density at radius 2 is 2.22 bits per heavy atom. The van der Waals surface area contributed by atoms with Crippen LogP contribution in [0.15, 0.2) is 18.2 Å². The van der Waals surface area contributed by atoms with Gasteiger partial charge in [-0.2, -0.15) is 0 Å². The SMILES string of the molecule is NCC1(Cc2ccc(Cl)cc2F)CCCCC1O. The van der Waals surface area contributed by atoms with Gasteiger partial charge in [0.2, 0.25) is 0 Å². The molecule has 2 unspecified atom stereocenters. The zero-order valence-corrected chi connectivity index (χ0v) is 11.1. The summed E-state index contributed by atoms with van der Waals surface area (Å²) in [6.07, 6.45) is 3.72. The quantitative estimate of drug-likeness (QED) is 0.888. The van der Waals surface area contributed by atoms with Crippen molar-refractivity contribution in [3.63, 3.8) is 0 Å². The van der Waals surface area contributed by atoms with E-state index >= 15 is 0 Å². The molecule has 0 spiro atoms. The Kier molecular flexibility index (Phi) is 4.25. The zero-order valence-electron chi connectivity index (χ0n) is 10.3. The molecule has 3 N–H and O–H groups in total. The van der Waals surface area contributed by atoms with E-state index in [1.165, 1.54) is 6.07 Å². The topological polar surface area (TPSA) is 46.2 Å². The predicted octanol–water partition coefficient (Wildman–Crippen LogP) is 2.90. The lowest BCUT2D eigenvalue weighted by molar-refractivity contribution is -0.00630. The standard InChI is InChI=1S/C14H19ClFNO/c15-11-5-4-10(12(16)7-11)8-14(9-17)6-2-1-3-13(14)18/h4-5,7,13,18H,1-3,6,8-9,17H2. The van der Waals surface area contributed by atoms with Crippen LogP contribution in [-0.2, 0) is 6.42 Å². The van der Waals surface area contributed by atoms with E-state index in [0.717, 1.165) is 25.7 Å². The maximum Gasteiger partial charge on any atom is 0.127 e. The lowest BCUT2D eigenvalue weighted by Crippen LogP contribution is -2.45. The molecule has 0 bridgehead atoms. The Balaban J connectivity index is 2.24. The van der Waals surface area contributed by atoms with Crippen molar-refractivity contribution in [2.75, 3.05) is 6.54 Å². The van der Waals surface area contributed by atoms with Crippen molar-refractivity contribution in [1.82, 2.24) is 0 Å². The third-order valence-corrected chi connectivity index (χ3v) is 4.31. The molecule has 1 saturated carbocycles. The molecule has 0 aliphatic heterocycles. The average Bonchev–Trinajstić information content (AvgIpc) is 2.35. The number of rotatable bonds is 3. The summed E-state index contributed by atoms with van der Waals surface area (Å²) in [7, 11) is 0. The minimum atomic E-state index is -0.439. The maximum absolute atomic E-state index is 13.8. The van der Waals surface area contributed by atoms with Gasteiger partial charge in [0.1, 0.15) is 5.82 Å². The third kappa shape index (κ3) is 2.68. The molecular weight excluding hydrogens is 253 g/mol. The number of halogens is 2. The maximum atomic E-state index is 13.8. The molecule has 18 heavy (non-hydrogen) atoms. The fraction of sp³-hybridized carbons (Fsp3) is 0.571. The lowest BCUT2D eigenvalue weighted by Gasteiger charge is -2.41. The van der Waals surface area contributed by atoms with Crippen LogP contribution >= 0.6 is 11.6 Å². The molecule has 1 aliphatic carbocycles. The first-order valence-corrected chi connectivity index (χ1v) is 6.77. The highest BCUT2D eigenvalue weighted by Crippen LogP contribution is 2.39. The van der Waals surface area contributed by atoms with Crippen LogP contribution in [0.5, 0.6) is 0 Å². The molecule has 1 aromatic rings. The lowest BCUT2D eigenvalue weighted by atomic mass is 9.68. The van der Waals surface area contributed by atoms with E-state index in [1.807, 2.05) is 0 Å². The van der Waals surface area contributed by atoms with Gasteiger partial charge in [-0.25, -0.2) is 4.39 Å². The van der Waals surface area contributed by atoms with Gasteiger partial charge in [-0.3, -0.25) is 0 Å². The number of hydrogen-bond donors (Lipinski definition) is 2. The Bertz CT molecular complexity index is 426. The summed E-state index contributed by atoms with van der Waals surface area (Å²) in [5, 5.41) is 10.6. The van der Waals surface area contributed by atoms with Crippen LogP contribution in [0.3, 0.4) is 0 Å². The molecule has 2 atom stereocenters. The highest BCUT2D eigenvalue weighted by molar-refractivity contribution is 6.30. The normalized spacial score (nSPS) is 28.3. The van der Waals surface area contributed by atoms with Crippen molar-refractivity contribution < 1.29 is 9.50 Å². The molecule has 1 aliphatic rings.